The average Bonchev–Trinajstić information content (AvgIpc) is 2.66. The van der Waals surface area contributed by atoms with Crippen LogP contribution in [-0.2, 0) is 25.7 Å². The molecule has 0 spiro atoms. The molecule has 0 amide bonds. The van der Waals surface area contributed by atoms with Crippen molar-refractivity contribution in [2.24, 2.45) is 0 Å². The summed E-state index contributed by atoms with van der Waals surface area (Å²) in [6, 6.07) is 4.61. The molecule has 2 aromatic carbocycles. The van der Waals surface area contributed by atoms with Crippen LogP contribution in [0.1, 0.15) is 47.9 Å². The van der Waals surface area contributed by atoms with Crippen LogP contribution in [-0.4, -0.2) is 22.1 Å². The Morgan fingerprint density at radius 3 is 1.85 bits per heavy atom. The maximum absolute atomic E-state index is 5.96. The second-order valence-electron chi connectivity index (χ2n) is 7.56. The third kappa shape index (κ3) is 2.87. The van der Waals surface area contributed by atoms with E-state index in [1.165, 1.54) is 70.9 Å². The first kappa shape index (κ1) is 18.0. The van der Waals surface area contributed by atoms with Crippen molar-refractivity contribution >= 4 is 29.2 Å². The van der Waals surface area contributed by atoms with Crippen molar-refractivity contribution in [3.8, 4) is 22.6 Å². The second-order valence-corrected chi connectivity index (χ2v) is 8.41. The summed E-state index contributed by atoms with van der Waals surface area (Å²) in [5, 5.41) is 0. The highest BCUT2D eigenvalue weighted by Crippen LogP contribution is 2.48. The fourth-order valence-electron chi connectivity index (χ4n) is 4.87. The zero-order valence-electron chi connectivity index (χ0n) is 16.0. The predicted octanol–water partition coefficient (Wildman–Crippen LogP) is 4.15. The number of halogens is 1. The highest BCUT2D eigenvalue weighted by molar-refractivity contribution is 9.10. The molecule has 0 heterocycles. The lowest BCUT2D eigenvalue weighted by atomic mass is 9.76. The van der Waals surface area contributed by atoms with Gasteiger partial charge in [0, 0.05) is 11.1 Å². The highest BCUT2D eigenvalue weighted by atomic mass is 79.9. The smallest absolute Gasteiger partial charge is 0.144 e. The topological polar surface area (TPSA) is 18.5 Å². The Labute approximate surface area is 165 Å². The summed E-state index contributed by atoms with van der Waals surface area (Å²) in [4.78, 5) is 0. The van der Waals surface area contributed by atoms with E-state index in [1.54, 1.807) is 14.2 Å². The van der Waals surface area contributed by atoms with Crippen molar-refractivity contribution in [2.45, 2.75) is 51.4 Å². The maximum Gasteiger partial charge on any atom is 0.144 e. The van der Waals surface area contributed by atoms with Crippen LogP contribution in [0.2, 0.25) is 0 Å². The largest absolute Gasteiger partial charge is 0.497 e. The normalized spacial score (nSPS) is 16.0. The van der Waals surface area contributed by atoms with Crippen molar-refractivity contribution in [3.63, 3.8) is 0 Å². The first-order valence-corrected chi connectivity index (χ1v) is 10.5. The molecule has 136 valence electrons. The Kier molecular flexibility index (Phi) is 5.05. The Morgan fingerprint density at radius 1 is 0.769 bits per heavy atom. The van der Waals surface area contributed by atoms with Crippen LogP contribution in [0.5, 0.6) is 11.5 Å². The summed E-state index contributed by atoms with van der Waals surface area (Å²) >= 11 is 3.78. The summed E-state index contributed by atoms with van der Waals surface area (Å²) in [7, 11) is 5.76. The fourth-order valence-corrected chi connectivity index (χ4v) is 5.51. The van der Waals surface area contributed by atoms with Crippen molar-refractivity contribution in [2.75, 3.05) is 14.2 Å². The van der Waals surface area contributed by atoms with E-state index in [2.05, 4.69) is 35.9 Å². The standard InChI is InChI=1S/C22H26BBrO2/c1-25-21-17(23)11-13-7-3-5-9-15(13)19(21)20-16-10-6-4-8-14(16)12-18(24)22(20)26-2/h11-12H,3-10,23H2,1-2H3. The lowest BCUT2D eigenvalue weighted by molar-refractivity contribution is 0.408. The number of aryl methyl sites for hydroxylation is 2. The van der Waals surface area contributed by atoms with Crippen LogP contribution in [0.15, 0.2) is 16.6 Å². The molecule has 0 saturated carbocycles. The van der Waals surface area contributed by atoms with E-state index < -0.39 is 0 Å². The van der Waals surface area contributed by atoms with E-state index in [9.17, 15) is 0 Å². The van der Waals surface area contributed by atoms with E-state index in [0.717, 1.165) is 35.2 Å². The first-order chi connectivity index (χ1) is 12.7. The summed E-state index contributed by atoms with van der Waals surface area (Å²) in [6.07, 6.45) is 9.64. The van der Waals surface area contributed by atoms with Crippen LogP contribution in [0, 0.1) is 0 Å². The van der Waals surface area contributed by atoms with Gasteiger partial charge in [-0.05, 0) is 101 Å². The highest BCUT2D eigenvalue weighted by Gasteiger charge is 2.28. The maximum atomic E-state index is 5.96. The van der Waals surface area contributed by atoms with Gasteiger partial charge in [-0.3, -0.25) is 0 Å². The molecule has 0 fully saturated rings. The molecule has 0 N–H and O–H groups in total. The number of hydrogen-bond donors (Lipinski definition) is 0. The van der Waals surface area contributed by atoms with Crippen LogP contribution >= 0.6 is 15.9 Å². The third-order valence-electron chi connectivity index (χ3n) is 6.00. The van der Waals surface area contributed by atoms with E-state index in [-0.39, 0.29) is 0 Å². The molecule has 0 saturated heterocycles. The van der Waals surface area contributed by atoms with Gasteiger partial charge >= 0.3 is 0 Å². The minimum Gasteiger partial charge on any atom is -0.497 e. The molecule has 0 aromatic heterocycles. The van der Waals surface area contributed by atoms with Gasteiger partial charge in [0.25, 0.3) is 0 Å². The molecular weight excluding hydrogens is 387 g/mol. The van der Waals surface area contributed by atoms with E-state index in [0.29, 0.717) is 0 Å². The third-order valence-corrected chi connectivity index (χ3v) is 6.59. The van der Waals surface area contributed by atoms with Crippen LogP contribution in [0.4, 0.5) is 0 Å². The van der Waals surface area contributed by atoms with E-state index in [4.69, 9.17) is 9.47 Å². The summed E-state index contributed by atoms with van der Waals surface area (Å²) in [5.41, 5.74) is 9.70. The Bertz CT molecular complexity index is 789. The van der Waals surface area contributed by atoms with E-state index >= 15 is 0 Å². The van der Waals surface area contributed by atoms with E-state index in [1.807, 2.05) is 0 Å². The second kappa shape index (κ2) is 7.30. The van der Waals surface area contributed by atoms with Gasteiger partial charge in [-0.1, -0.05) is 6.07 Å². The Morgan fingerprint density at radius 2 is 1.27 bits per heavy atom. The lowest BCUT2D eigenvalue weighted by Gasteiger charge is -2.29. The van der Waals surface area contributed by atoms with Gasteiger partial charge in [-0.15, -0.1) is 0 Å². The molecule has 0 bridgehead atoms. The predicted molar refractivity (Wildman–Crippen MR) is 114 cm³/mol. The molecule has 0 atom stereocenters. The van der Waals surface area contributed by atoms with Gasteiger partial charge in [0.15, 0.2) is 0 Å². The molecule has 4 heteroatoms. The van der Waals surface area contributed by atoms with Crippen molar-refractivity contribution < 1.29 is 9.47 Å². The van der Waals surface area contributed by atoms with Gasteiger partial charge in [0.2, 0.25) is 0 Å². The molecule has 2 aliphatic rings. The zero-order valence-corrected chi connectivity index (χ0v) is 17.6. The lowest BCUT2D eigenvalue weighted by Crippen LogP contribution is -2.17. The minimum atomic E-state index is 0.960. The summed E-state index contributed by atoms with van der Waals surface area (Å²) in [5.74, 6) is 1.98. The number of methoxy groups -OCH3 is 2. The Balaban J connectivity index is 2.10. The zero-order chi connectivity index (χ0) is 18.3. The molecule has 4 rings (SSSR count). The molecule has 2 aromatic rings. The fraction of sp³-hybridized carbons (Fsp3) is 0.455. The van der Waals surface area contributed by atoms with Crippen molar-refractivity contribution in [1.82, 2.24) is 0 Å². The quantitative estimate of drug-likeness (QED) is 0.705. The molecule has 0 aliphatic heterocycles. The van der Waals surface area contributed by atoms with Crippen LogP contribution in [0.3, 0.4) is 0 Å². The number of ether oxygens (including phenoxy) is 2. The minimum absolute atomic E-state index is 0.960. The molecule has 2 nitrogen and oxygen atoms in total. The number of benzene rings is 2. The van der Waals surface area contributed by atoms with Gasteiger partial charge in [-0.2, -0.15) is 0 Å². The summed E-state index contributed by atoms with van der Waals surface area (Å²) in [6.45, 7) is 0. The number of fused-ring (bicyclic) bond motifs is 2. The molecule has 0 radical (unpaired) electrons. The Hall–Kier alpha value is -1.42. The molecular formula is C22H26BBrO2. The van der Waals surface area contributed by atoms with Gasteiger partial charge in [0.05, 0.1) is 18.7 Å². The monoisotopic (exact) mass is 412 g/mol. The average molecular weight is 413 g/mol. The van der Waals surface area contributed by atoms with Crippen LogP contribution < -0.4 is 14.9 Å². The van der Waals surface area contributed by atoms with Gasteiger partial charge < -0.3 is 9.47 Å². The molecule has 0 unspecified atom stereocenters. The summed E-state index contributed by atoms with van der Waals surface area (Å²) < 4.78 is 12.9. The first-order valence-electron chi connectivity index (χ1n) is 9.73. The molecule has 2 aliphatic carbocycles. The van der Waals surface area contributed by atoms with Crippen LogP contribution in [0.25, 0.3) is 11.1 Å². The number of hydrogen-bond acceptors (Lipinski definition) is 2. The van der Waals surface area contributed by atoms with Crippen molar-refractivity contribution in [3.05, 3.63) is 38.9 Å². The van der Waals surface area contributed by atoms with Gasteiger partial charge in [-0.25, -0.2) is 0 Å². The SMILES string of the molecule is Bc1cc2c(c(-c3c4c(cc(Br)c3OC)CCCC4)c1OC)CCCC2. The van der Waals surface area contributed by atoms with Gasteiger partial charge in [0.1, 0.15) is 19.3 Å². The van der Waals surface area contributed by atoms with Crippen molar-refractivity contribution in [1.29, 1.82) is 0 Å². The number of rotatable bonds is 3. The molecule has 26 heavy (non-hydrogen) atoms.